The maximum atomic E-state index is 11.0. The summed E-state index contributed by atoms with van der Waals surface area (Å²) in [7, 11) is 0. The van der Waals surface area contributed by atoms with E-state index in [9.17, 15) is 9.59 Å². The number of hydrogen-bond donors (Lipinski definition) is 1. The highest BCUT2D eigenvalue weighted by Crippen LogP contribution is 2.15. The number of carboxylic acids is 1. The van der Waals surface area contributed by atoms with Crippen LogP contribution in [0.1, 0.15) is 12.8 Å². The zero-order valence-electron chi connectivity index (χ0n) is 9.60. The van der Waals surface area contributed by atoms with Crippen LogP contribution in [0.4, 0.5) is 0 Å². The molecule has 0 unspecified atom stereocenters. The van der Waals surface area contributed by atoms with E-state index in [2.05, 4.69) is 0 Å². The van der Waals surface area contributed by atoms with Crippen LogP contribution in [0.2, 0.25) is 5.02 Å². The molecule has 0 atom stereocenters. The Hall–Kier alpha value is -1.75. The minimum absolute atomic E-state index is 0.0844. The molecule has 0 radical (unpaired) electrons. The van der Waals surface area contributed by atoms with Crippen LogP contribution in [0.5, 0.6) is 5.75 Å². The van der Waals surface area contributed by atoms with Crippen molar-refractivity contribution in [3.05, 3.63) is 29.3 Å². The third-order valence-electron chi connectivity index (χ3n) is 1.97. The van der Waals surface area contributed by atoms with E-state index in [0.717, 1.165) is 0 Å². The monoisotopic (exact) mass is 272 g/mol. The maximum absolute atomic E-state index is 11.0. The van der Waals surface area contributed by atoms with Crippen molar-refractivity contribution in [2.75, 3.05) is 13.2 Å². The first kappa shape index (κ1) is 14.3. The van der Waals surface area contributed by atoms with Crippen LogP contribution in [-0.4, -0.2) is 30.3 Å². The first-order chi connectivity index (χ1) is 8.58. The zero-order valence-corrected chi connectivity index (χ0v) is 10.4. The smallest absolute Gasteiger partial charge is 0.306 e. The van der Waals surface area contributed by atoms with Crippen LogP contribution >= 0.6 is 11.6 Å². The number of esters is 1. The van der Waals surface area contributed by atoms with Gasteiger partial charge in [0.1, 0.15) is 19.0 Å². The molecule has 18 heavy (non-hydrogen) atoms. The predicted molar refractivity (Wildman–Crippen MR) is 64.8 cm³/mol. The van der Waals surface area contributed by atoms with Gasteiger partial charge in [0.05, 0.1) is 12.8 Å². The van der Waals surface area contributed by atoms with E-state index in [1.165, 1.54) is 0 Å². The fraction of sp³-hybridized carbons (Fsp3) is 0.333. The van der Waals surface area contributed by atoms with E-state index >= 15 is 0 Å². The van der Waals surface area contributed by atoms with Crippen LogP contribution in [0.3, 0.4) is 0 Å². The molecule has 0 bridgehead atoms. The average Bonchev–Trinajstić information content (AvgIpc) is 2.34. The van der Waals surface area contributed by atoms with Crippen molar-refractivity contribution in [1.29, 1.82) is 0 Å². The van der Waals surface area contributed by atoms with Gasteiger partial charge in [0.2, 0.25) is 0 Å². The molecule has 1 aromatic carbocycles. The van der Waals surface area contributed by atoms with Crippen molar-refractivity contribution in [3.8, 4) is 5.75 Å². The minimum Gasteiger partial charge on any atom is -0.490 e. The Morgan fingerprint density at radius 1 is 1.11 bits per heavy atom. The predicted octanol–water partition coefficient (Wildman–Crippen LogP) is 2.13. The largest absolute Gasteiger partial charge is 0.490 e. The molecule has 0 aliphatic carbocycles. The molecule has 5 nitrogen and oxygen atoms in total. The number of hydrogen-bond acceptors (Lipinski definition) is 4. The Bertz CT molecular complexity index is 401. The second-order valence-corrected chi connectivity index (χ2v) is 3.85. The number of carbonyl (C=O) groups is 2. The lowest BCUT2D eigenvalue weighted by atomic mass is 10.3. The normalized spacial score (nSPS) is 9.83. The van der Waals surface area contributed by atoms with Crippen molar-refractivity contribution < 1.29 is 24.2 Å². The summed E-state index contributed by atoms with van der Waals surface area (Å²) in [6.45, 7) is 0.293. The summed E-state index contributed by atoms with van der Waals surface area (Å²) >= 11 is 5.70. The molecular weight excluding hydrogens is 260 g/mol. The first-order valence-electron chi connectivity index (χ1n) is 5.33. The van der Waals surface area contributed by atoms with Gasteiger partial charge in [-0.05, 0) is 24.3 Å². The highest BCUT2D eigenvalue weighted by Gasteiger charge is 2.06. The van der Waals surface area contributed by atoms with Gasteiger partial charge in [0.15, 0.2) is 0 Å². The lowest BCUT2D eigenvalue weighted by Crippen LogP contribution is -2.13. The third kappa shape index (κ3) is 6.10. The molecule has 0 aliphatic heterocycles. The van der Waals surface area contributed by atoms with Gasteiger partial charge in [-0.3, -0.25) is 9.59 Å². The average molecular weight is 273 g/mol. The second-order valence-electron chi connectivity index (χ2n) is 3.42. The summed E-state index contributed by atoms with van der Waals surface area (Å²) in [5.74, 6) is -0.942. The highest BCUT2D eigenvalue weighted by molar-refractivity contribution is 6.30. The standard InChI is InChI=1S/C12H13ClO5/c13-9-1-3-10(4-2-9)17-7-8-18-12(16)6-5-11(14)15/h1-4H,5-8H2,(H,14,15). The van der Waals surface area contributed by atoms with Gasteiger partial charge in [-0.1, -0.05) is 11.6 Å². The van der Waals surface area contributed by atoms with E-state index in [-0.39, 0.29) is 26.1 Å². The van der Waals surface area contributed by atoms with Crippen LogP contribution in [0, 0.1) is 0 Å². The van der Waals surface area contributed by atoms with E-state index in [0.29, 0.717) is 10.8 Å². The van der Waals surface area contributed by atoms with Gasteiger partial charge in [-0.15, -0.1) is 0 Å². The SMILES string of the molecule is O=C(O)CCC(=O)OCCOc1ccc(Cl)cc1. The van der Waals surface area contributed by atoms with Crippen LogP contribution in [0.25, 0.3) is 0 Å². The molecule has 0 saturated carbocycles. The number of ether oxygens (including phenoxy) is 2. The quantitative estimate of drug-likeness (QED) is 0.608. The zero-order chi connectivity index (χ0) is 13.4. The number of halogens is 1. The molecule has 0 aromatic heterocycles. The van der Waals surface area contributed by atoms with Gasteiger partial charge in [-0.2, -0.15) is 0 Å². The van der Waals surface area contributed by atoms with Crippen LogP contribution in [0.15, 0.2) is 24.3 Å². The molecular formula is C12H13ClO5. The first-order valence-corrected chi connectivity index (χ1v) is 5.71. The summed E-state index contributed by atoms with van der Waals surface area (Å²) in [6, 6.07) is 6.79. The van der Waals surface area contributed by atoms with Crippen molar-refractivity contribution >= 4 is 23.5 Å². The molecule has 0 aliphatic rings. The molecule has 0 saturated heterocycles. The minimum atomic E-state index is -1.02. The third-order valence-corrected chi connectivity index (χ3v) is 2.22. The van der Waals surface area contributed by atoms with Crippen LogP contribution < -0.4 is 4.74 Å². The molecule has 1 rings (SSSR count). The molecule has 1 N–H and O–H groups in total. The molecule has 0 spiro atoms. The second kappa shape index (κ2) is 7.55. The van der Waals surface area contributed by atoms with Gasteiger partial charge < -0.3 is 14.6 Å². The summed E-state index contributed by atoms with van der Waals surface area (Å²) in [6.07, 6.45) is -0.354. The Balaban J connectivity index is 2.13. The topological polar surface area (TPSA) is 72.8 Å². The fourth-order valence-electron chi connectivity index (χ4n) is 1.13. The van der Waals surface area contributed by atoms with Crippen LogP contribution in [-0.2, 0) is 14.3 Å². The van der Waals surface area contributed by atoms with Gasteiger partial charge >= 0.3 is 11.9 Å². The Kier molecular flexibility index (Phi) is 6.00. The number of aliphatic carboxylic acids is 1. The van der Waals surface area contributed by atoms with E-state index in [1.807, 2.05) is 0 Å². The lowest BCUT2D eigenvalue weighted by Gasteiger charge is -2.06. The molecule has 0 fully saturated rings. The van der Waals surface area contributed by atoms with E-state index in [1.54, 1.807) is 24.3 Å². The Labute approximate surface area is 109 Å². The number of carbonyl (C=O) groups excluding carboxylic acids is 1. The van der Waals surface area contributed by atoms with Crippen molar-refractivity contribution in [2.45, 2.75) is 12.8 Å². The lowest BCUT2D eigenvalue weighted by molar-refractivity contribution is -0.148. The molecule has 1 aromatic rings. The summed E-state index contributed by atoms with van der Waals surface area (Å²) in [4.78, 5) is 21.2. The summed E-state index contributed by atoms with van der Waals surface area (Å²) < 4.78 is 10.1. The molecule has 98 valence electrons. The molecule has 6 heteroatoms. The number of rotatable bonds is 7. The van der Waals surface area contributed by atoms with E-state index in [4.69, 9.17) is 26.2 Å². The van der Waals surface area contributed by atoms with Crippen molar-refractivity contribution in [1.82, 2.24) is 0 Å². The highest BCUT2D eigenvalue weighted by atomic mass is 35.5. The van der Waals surface area contributed by atoms with Gasteiger partial charge in [0, 0.05) is 5.02 Å². The maximum Gasteiger partial charge on any atom is 0.306 e. The van der Waals surface area contributed by atoms with Gasteiger partial charge in [-0.25, -0.2) is 0 Å². The molecule has 0 amide bonds. The number of benzene rings is 1. The van der Waals surface area contributed by atoms with Crippen molar-refractivity contribution in [2.24, 2.45) is 0 Å². The Morgan fingerprint density at radius 3 is 2.39 bits per heavy atom. The van der Waals surface area contributed by atoms with Crippen molar-refractivity contribution in [3.63, 3.8) is 0 Å². The fourth-order valence-corrected chi connectivity index (χ4v) is 1.25. The summed E-state index contributed by atoms with van der Waals surface area (Å²) in [5, 5.41) is 8.98. The van der Waals surface area contributed by atoms with E-state index < -0.39 is 11.9 Å². The Morgan fingerprint density at radius 2 is 1.78 bits per heavy atom. The molecule has 0 heterocycles. The number of carboxylic acid groups (broad SMARTS) is 1. The summed E-state index contributed by atoms with van der Waals surface area (Å²) in [5.41, 5.74) is 0. The van der Waals surface area contributed by atoms with Gasteiger partial charge in [0.25, 0.3) is 0 Å².